The van der Waals surface area contributed by atoms with E-state index in [1.807, 2.05) is 66.7 Å². The highest BCUT2D eigenvalue weighted by molar-refractivity contribution is 5.95. The van der Waals surface area contributed by atoms with Crippen molar-refractivity contribution in [3.63, 3.8) is 0 Å². The molecular formula is C21H19N5O2. The topological polar surface area (TPSA) is 79.3 Å². The van der Waals surface area contributed by atoms with E-state index in [4.69, 9.17) is 5.10 Å². The summed E-state index contributed by atoms with van der Waals surface area (Å²) in [5.41, 5.74) is 2.71. The molecule has 7 heteroatoms. The number of amides is 3. The van der Waals surface area contributed by atoms with Gasteiger partial charge in [0.1, 0.15) is 5.69 Å². The molecule has 3 aromatic rings. The lowest BCUT2D eigenvalue weighted by molar-refractivity contribution is 0.0388. The number of rotatable bonds is 3. The fourth-order valence-electron chi connectivity index (χ4n) is 3.81. The van der Waals surface area contributed by atoms with Crippen LogP contribution < -0.4 is 10.6 Å². The van der Waals surface area contributed by atoms with Crippen LogP contribution in [-0.2, 0) is 0 Å². The average molecular weight is 373 g/mol. The fraction of sp³-hybridized carbons (Fsp3) is 0.190. The molecule has 0 radical (unpaired) electrons. The molecule has 1 spiro atoms. The lowest BCUT2D eigenvalue weighted by Crippen LogP contribution is -2.70. The Labute approximate surface area is 162 Å². The minimum absolute atomic E-state index is 0.0923. The van der Waals surface area contributed by atoms with E-state index in [-0.39, 0.29) is 17.5 Å². The maximum absolute atomic E-state index is 13.2. The Morgan fingerprint density at radius 2 is 1.68 bits per heavy atom. The van der Waals surface area contributed by atoms with E-state index >= 15 is 0 Å². The molecule has 0 atom stereocenters. The van der Waals surface area contributed by atoms with Gasteiger partial charge in [-0.15, -0.1) is 0 Å². The first-order valence-electron chi connectivity index (χ1n) is 9.20. The van der Waals surface area contributed by atoms with Gasteiger partial charge in [0, 0.05) is 25.2 Å². The van der Waals surface area contributed by atoms with Crippen molar-refractivity contribution in [1.82, 2.24) is 25.3 Å². The van der Waals surface area contributed by atoms with Crippen LogP contribution in [0.3, 0.4) is 0 Å². The van der Waals surface area contributed by atoms with Gasteiger partial charge in [0.05, 0.1) is 16.9 Å². The van der Waals surface area contributed by atoms with Crippen molar-refractivity contribution in [2.75, 3.05) is 19.6 Å². The van der Waals surface area contributed by atoms with Gasteiger partial charge < -0.3 is 15.5 Å². The molecule has 7 nitrogen and oxygen atoms in total. The number of para-hydroxylation sites is 1. The van der Waals surface area contributed by atoms with E-state index in [2.05, 4.69) is 10.6 Å². The van der Waals surface area contributed by atoms with Crippen LogP contribution in [0.2, 0.25) is 0 Å². The van der Waals surface area contributed by atoms with Crippen molar-refractivity contribution in [2.24, 2.45) is 0 Å². The fourth-order valence-corrected chi connectivity index (χ4v) is 3.81. The van der Waals surface area contributed by atoms with E-state index in [0.717, 1.165) is 16.9 Å². The number of nitrogens with one attached hydrogen (secondary N) is 2. The third-order valence-electron chi connectivity index (χ3n) is 5.24. The number of benzene rings is 2. The number of aromatic nitrogens is 2. The van der Waals surface area contributed by atoms with Crippen LogP contribution in [0, 0.1) is 0 Å². The summed E-state index contributed by atoms with van der Waals surface area (Å²) in [6, 6.07) is 21.1. The van der Waals surface area contributed by atoms with Crippen LogP contribution in [0.15, 0.2) is 66.7 Å². The van der Waals surface area contributed by atoms with E-state index in [1.165, 1.54) is 0 Å². The molecule has 3 amide bonds. The molecule has 1 aromatic heterocycles. The van der Waals surface area contributed by atoms with Crippen molar-refractivity contribution in [1.29, 1.82) is 0 Å². The maximum atomic E-state index is 13.2. The van der Waals surface area contributed by atoms with Crippen molar-refractivity contribution < 1.29 is 9.59 Å². The Balaban J connectivity index is 1.49. The Kier molecular flexibility index (Phi) is 3.68. The van der Waals surface area contributed by atoms with Crippen LogP contribution in [0.4, 0.5) is 4.79 Å². The van der Waals surface area contributed by atoms with Crippen LogP contribution >= 0.6 is 0 Å². The van der Waals surface area contributed by atoms with Gasteiger partial charge in [0.15, 0.2) is 0 Å². The smallest absolute Gasteiger partial charge is 0.315 e. The molecule has 0 saturated carbocycles. The van der Waals surface area contributed by atoms with E-state index < -0.39 is 0 Å². The number of hydrogen-bond acceptors (Lipinski definition) is 3. The van der Waals surface area contributed by atoms with Gasteiger partial charge in [-0.3, -0.25) is 4.79 Å². The molecule has 2 N–H and O–H groups in total. The molecular weight excluding hydrogens is 354 g/mol. The van der Waals surface area contributed by atoms with Gasteiger partial charge in [-0.2, -0.15) is 5.10 Å². The SMILES string of the molecule is O=C1NCC2(CN(C(=O)c3cc(-c4ccccc4)nn3-c3ccccc3)C2)N1. The minimum Gasteiger partial charge on any atom is -0.336 e. The summed E-state index contributed by atoms with van der Waals surface area (Å²) in [5.74, 6) is -0.0923. The van der Waals surface area contributed by atoms with Gasteiger partial charge in [-0.25, -0.2) is 9.48 Å². The normalized spacial score (nSPS) is 17.1. The number of carbonyl (C=O) groups excluding carboxylic acids is 2. The van der Waals surface area contributed by atoms with E-state index in [0.29, 0.717) is 25.3 Å². The Morgan fingerprint density at radius 1 is 1.00 bits per heavy atom. The molecule has 5 rings (SSSR count). The second kappa shape index (κ2) is 6.23. The number of urea groups is 1. The van der Waals surface area contributed by atoms with Crippen molar-refractivity contribution in [3.8, 4) is 16.9 Å². The first kappa shape index (κ1) is 16.6. The number of nitrogens with zero attached hydrogens (tertiary/aromatic N) is 3. The number of hydrogen-bond donors (Lipinski definition) is 2. The third-order valence-corrected chi connectivity index (χ3v) is 5.24. The minimum atomic E-state index is -0.341. The molecule has 0 unspecified atom stereocenters. The van der Waals surface area contributed by atoms with E-state index in [1.54, 1.807) is 9.58 Å². The predicted molar refractivity (Wildman–Crippen MR) is 104 cm³/mol. The standard InChI is InChI=1S/C21H19N5O2/c27-19(25-13-21(14-25)12-22-20(28)23-21)18-11-17(15-7-3-1-4-8-15)24-26(18)16-9-5-2-6-10-16/h1-11H,12-14H2,(H2,22,23,28). The largest absolute Gasteiger partial charge is 0.336 e. The van der Waals surface area contributed by atoms with E-state index in [9.17, 15) is 9.59 Å². The van der Waals surface area contributed by atoms with Crippen LogP contribution in [0.25, 0.3) is 16.9 Å². The van der Waals surface area contributed by atoms with Gasteiger partial charge in [-0.1, -0.05) is 48.5 Å². The summed E-state index contributed by atoms with van der Waals surface area (Å²) in [4.78, 5) is 26.4. The molecule has 0 aliphatic carbocycles. The van der Waals surface area contributed by atoms with Crippen molar-refractivity contribution in [3.05, 3.63) is 72.4 Å². The molecule has 140 valence electrons. The summed E-state index contributed by atoms with van der Waals surface area (Å²) < 4.78 is 1.70. The second-order valence-corrected chi connectivity index (χ2v) is 7.28. The summed E-state index contributed by atoms with van der Waals surface area (Å²) >= 11 is 0. The van der Waals surface area contributed by atoms with Crippen LogP contribution in [0.5, 0.6) is 0 Å². The molecule has 3 heterocycles. The maximum Gasteiger partial charge on any atom is 0.315 e. The Morgan fingerprint density at radius 3 is 2.32 bits per heavy atom. The molecule has 2 aromatic carbocycles. The molecule has 0 bridgehead atoms. The predicted octanol–water partition coefficient (Wildman–Crippen LogP) is 2.05. The second-order valence-electron chi connectivity index (χ2n) is 7.28. The summed E-state index contributed by atoms with van der Waals surface area (Å²) in [6.45, 7) is 1.53. The average Bonchev–Trinajstić information content (AvgIpc) is 3.32. The lowest BCUT2D eigenvalue weighted by Gasteiger charge is -2.46. The number of carbonyl (C=O) groups is 2. The van der Waals surface area contributed by atoms with Gasteiger partial charge in [-0.05, 0) is 18.2 Å². The zero-order chi connectivity index (χ0) is 19.1. The van der Waals surface area contributed by atoms with Gasteiger partial charge in [0.2, 0.25) is 0 Å². The Hall–Kier alpha value is -3.61. The van der Waals surface area contributed by atoms with Crippen LogP contribution in [-0.4, -0.2) is 51.8 Å². The summed E-state index contributed by atoms with van der Waals surface area (Å²) in [6.07, 6.45) is 0. The highest BCUT2D eigenvalue weighted by Crippen LogP contribution is 2.28. The molecule has 28 heavy (non-hydrogen) atoms. The van der Waals surface area contributed by atoms with Crippen molar-refractivity contribution in [2.45, 2.75) is 5.54 Å². The number of likely N-dealkylation sites (tertiary alicyclic amines) is 1. The first-order valence-corrected chi connectivity index (χ1v) is 9.20. The summed E-state index contributed by atoms with van der Waals surface area (Å²) in [7, 11) is 0. The summed E-state index contributed by atoms with van der Waals surface area (Å²) in [5, 5.41) is 10.4. The molecule has 2 fully saturated rings. The quantitative estimate of drug-likeness (QED) is 0.737. The zero-order valence-electron chi connectivity index (χ0n) is 15.1. The van der Waals surface area contributed by atoms with Gasteiger partial charge >= 0.3 is 6.03 Å². The monoisotopic (exact) mass is 373 g/mol. The zero-order valence-corrected chi connectivity index (χ0v) is 15.1. The molecule has 2 aliphatic heterocycles. The van der Waals surface area contributed by atoms with Crippen LogP contribution in [0.1, 0.15) is 10.5 Å². The van der Waals surface area contributed by atoms with Gasteiger partial charge in [0.25, 0.3) is 5.91 Å². The highest BCUT2D eigenvalue weighted by atomic mass is 16.2. The Bertz CT molecular complexity index is 1040. The van der Waals surface area contributed by atoms with Crippen molar-refractivity contribution >= 4 is 11.9 Å². The lowest BCUT2D eigenvalue weighted by atomic mass is 9.90. The highest BCUT2D eigenvalue weighted by Gasteiger charge is 2.50. The molecule has 2 saturated heterocycles. The molecule has 2 aliphatic rings. The first-order chi connectivity index (χ1) is 13.6. The third kappa shape index (κ3) is 2.72.